The minimum Gasteiger partial charge on any atom is -0.353 e. The largest absolute Gasteiger partial charge is 0.353 e. The number of nitrogens with zero attached hydrogens (tertiary/aromatic N) is 3. The lowest BCUT2D eigenvalue weighted by Gasteiger charge is -2.41. The van der Waals surface area contributed by atoms with E-state index in [-0.39, 0.29) is 23.7 Å². The molecule has 3 fully saturated rings. The maximum atomic E-state index is 12.7. The molecule has 154 valence electrons. The third-order valence-corrected chi connectivity index (χ3v) is 6.35. The summed E-state index contributed by atoms with van der Waals surface area (Å²) in [6, 6.07) is 2.67. The Balaban J connectivity index is 1.28. The van der Waals surface area contributed by atoms with Gasteiger partial charge in [-0.3, -0.25) is 14.5 Å². The van der Waals surface area contributed by atoms with Gasteiger partial charge in [-0.25, -0.2) is 0 Å². The SMILES string of the molecule is CC(C)c1cc(C(=O)N2CCC(N3CCC[C@H](C(=O)NC4CC4)C3)CC2)on1. The zero-order valence-electron chi connectivity index (χ0n) is 17.0. The number of likely N-dealkylation sites (tertiary alicyclic amines) is 2. The first-order valence-corrected chi connectivity index (χ1v) is 10.8. The van der Waals surface area contributed by atoms with Gasteiger partial charge < -0.3 is 14.7 Å². The smallest absolute Gasteiger partial charge is 0.292 e. The van der Waals surface area contributed by atoms with E-state index in [2.05, 4.69) is 15.4 Å². The maximum absolute atomic E-state index is 12.7. The predicted octanol–water partition coefficient (Wildman–Crippen LogP) is 2.39. The molecular weight excluding hydrogens is 356 g/mol. The molecule has 1 atom stereocenters. The minimum absolute atomic E-state index is 0.0572. The van der Waals surface area contributed by atoms with Gasteiger partial charge in [0.2, 0.25) is 11.7 Å². The highest BCUT2D eigenvalue weighted by Gasteiger charge is 2.34. The van der Waals surface area contributed by atoms with Crippen molar-refractivity contribution in [3.63, 3.8) is 0 Å². The van der Waals surface area contributed by atoms with E-state index in [0.717, 1.165) is 70.4 Å². The molecule has 3 aliphatic rings. The number of amides is 2. The van der Waals surface area contributed by atoms with E-state index in [1.807, 2.05) is 18.7 Å². The van der Waals surface area contributed by atoms with Crippen molar-refractivity contribution in [1.29, 1.82) is 0 Å². The Morgan fingerprint density at radius 3 is 2.54 bits per heavy atom. The number of hydrogen-bond acceptors (Lipinski definition) is 5. The third kappa shape index (κ3) is 4.40. The van der Waals surface area contributed by atoms with E-state index in [9.17, 15) is 9.59 Å². The molecule has 2 amide bonds. The van der Waals surface area contributed by atoms with Crippen LogP contribution in [-0.4, -0.2) is 65.0 Å². The van der Waals surface area contributed by atoms with Crippen LogP contribution in [-0.2, 0) is 4.79 Å². The number of carbonyl (C=O) groups is 2. The molecule has 0 bridgehead atoms. The molecule has 28 heavy (non-hydrogen) atoms. The van der Waals surface area contributed by atoms with Crippen molar-refractivity contribution in [3.05, 3.63) is 17.5 Å². The number of rotatable bonds is 5. The van der Waals surface area contributed by atoms with Crippen LogP contribution in [0.3, 0.4) is 0 Å². The zero-order chi connectivity index (χ0) is 19.7. The van der Waals surface area contributed by atoms with Crippen molar-refractivity contribution < 1.29 is 14.1 Å². The van der Waals surface area contributed by atoms with Crippen LogP contribution in [0.1, 0.15) is 74.5 Å². The monoisotopic (exact) mass is 388 g/mol. The molecule has 1 aromatic rings. The van der Waals surface area contributed by atoms with Gasteiger partial charge in [-0.1, -0.05) is 19.0 Å². The van der Waals surface area contributed by atoms with Crippen LogP contribution in [0.25, 0.3) is 0 Å². The van der Waals surface area contributed by atoms with Gasteiger partial charge in [-0.15, -0.1) is 0 Å². The molecule has 2 saturated heterocycles. The van der Waals surface area contributed by atoms with Crippen molar-refractivity contribution in [3.8, 4) is 0 Å². The fourth-order valence-corrected chi connectivity index (χ4v) is 4.35. The number of piperidine rings is 2. The second-order valence-electron chi connectivity index (χ2n) is 8.91. The van der Waals surface area contributed by atoms with Crippen LogP contribution < -0.4 is 5.32 Å². The Morgan fingerprint density at radius 2 is 1.89 bits per heavy atom. The fourth-order valence-electron chi connectivity index (χ4n) is 4.35. The lowest BCUT2D eigenvalue weighted by molar-refractivity contribution is -0.127. The Morgan fingerprint density at radius 1 is 1.14 bits per heavy atom. The Bertz CT molecular complexity index is 704. The van der Waals surface area contributed by atoms with Crippen LogP contribution >= 0.6 is 0 Å². The topological polar surface area (TPSA) is 78.7 Å². The molecule has 0 aromatic carbocycles. The maximum Gasteiger partial charge on any atom is 0.292 e. The van der Waals surface area contributed by atoms with E-state index >= 15 is 0 Å². The van der Waals surface area contributed by atoms with Crippen LogP contribution in [0.15, 0.2) is 10.6 Å². The van der Waals surface area contributed by atoms with E-state index in [0.29, 0.717) is 17.8 Å². The summed E-state index contributed by atoms with van der Waals surface area (Å²) in [6.07, 6.45) is 6.26. The molecule has 1 aromatic heterocycles. The Hall–Kier alpha value is -1.89. The first-order valence-electron chi connectivity index (χ1n) is 10.8. The third-order valence-electron chi connectivity index (χ3n) is 6.35. The summed E-state index contributed by atoms with van der Waals surface area (Å²) in [7, 11) is 0. The number of aromatic nitrogens is 1. The Labute approximate surface area is 166 Å². The summed E-state index contributed by atoms with van der Waals surface area (Å²) >= 11 is 0. The van der Waals surface area contributed by atoms with Crippen molar-refractivity contribution in [2.75, 3.05) is 26.2 Å². The van der Waals surface area contributed by atoms with Crippen molar-refractivity contribution in [2.24, 2.45) is 5.92 Å². The van der Waals surface area contributed by atoms with E-state index in [1.165, 1.54) is 0 Å². The average Bonchev–Trinajstić information content (AvgIpc) is 3.38. The highest BCUT2D eigenvalue weighted by molar-refractivity contribution is 5.91. The minimum atomic E-state index is -0.0572. The van der Waals surface area contributed by atoms with Gasteiger partial charge in [0.25, 0.3) is 5.91 Å². The van der Waals surface area contributed by atoms with Gasteiger partial charge in [0.05, 0.1) is 11.6 Å². The molecule has 4 rings (SSSR count). The van der Waals surface area contributed by atoms with Crippen LogP contribution in [0, 0.1) is 5.92 Å². The quantitative estimate of drug-likeness (QED) is 0.838. The van der Waals surface area contributed by atoms with Crippen LogP contribution in [0.4, 0.5) is 0 Å². The summed E-state index contributed by atoms with van der Waals surface area (Å²) in [6.45, 7) is 7.46. The summed E-state index contributed by atoms with van der Waals surface area (Å²) in [5.41, 5.74) is 0.821. The molecule has 1 saturated carbocycles. The molecule has 0 spiro atoms. The summed E-state index contributed by atoms with van der Waals surface area (Å²) in [4.78, 5) is 29.5. The molecular formula is C21H32N4O3. The van der Waals surface area contributed by atoms with Gasteiger partial charge in [-0.05, 0) is 51.0 Å². The number of hydrogen-bond donors (Lipinski definition) is 1. The van der Waals surface area contributed by atoms with Gasteiger partial charge in [0.1, 0.15) is 0 Å². The molecule has 1 aliphatic carbocycles. The van der Waals surface area contributed by atoms with Crippen molar-refractivity contribution in [1.82, 2.24) is 20.3 Å². The molecule has 0 radical (unpaired) electrons. The Kier molecular flexibility index (Phi) is 5.71. The lowest BCUT2D eigenvalue weighted by Crippen LogP contribution is -2.51. The second-order valence-corrected chi connectivity index (χ2v) is 8.91. The average molecular weight is 389 g/mol. The van der Waals surface area contributed by atoms with Gasteiger partial charge in [0, 0.05) is 37.8 Å². The van der Waals surface area contributed by atoms with E-state index in [4.69, 9.17) is 4.52 Å². The molecule has 2 aliphatic heterocycles. The second kappa shape index (κ2) is 8.23. The molecule has 3 heterocycles. The summed E-state index contributed by atoms with van der Waals surface area (Å²) in [5.74, 6) is 0.902. The summed E-state index contributed by atoms with van der Waals surface area (Å²) in [5, 5.41) is 7.16. The highest BCUT2D eigenvalue weighted by atomic mass is 16.5. The number of carbonyl (C=O) groups excluding carboxylic acids is 2. The lowest BCUT2D eigenvalue weighted by atomic mass is 9.93. The van der Waals surface area contributed by atoms with Crippen LogP contribution in [0.2, 0.25) is 0 Å². The normalized spacial score (nSPS) is 24.5. The van der Waals surface area contributed by atoms with Crippen molar-refractivity contribution >= 4 is 11.8 Å². The summed E-state index contributed by atoms with van der Waals surface area (Å²) < 4.78 is 5.27. The predicted molar refractivity (Wildman–Crippen MR) is 105 cm³/mol. The molecule has 0 unspecified atom stereocenters. The standard InChI is InChI=1S/C21H32N4O3/c1-14(2)18-12-19(28-23-18)21(27)24-10-7-17(8-11-24)25-9-3-4-15(13-25)20(26)22-16-5-6-16/h12,14-17H,3-11,13H2,1-2H3,(H,22,26)/t15-/m0/s1. The van der Waals surface area contributed by atoms with Crippen LogP contribution in [0.5, 0.6) is 0 Å². The van der Waals surface area contributed by atoms with Crippen molar-refractivity contribution in [2.45, 2.75) is 70.4 Å². The molecule has 7 nitrogen and oxygen atoms in total. The van der Waals surface area contributed by atoms with Gasteiger partial charge in [0.15, 0.2) is 0 Å². The molecule has 1 N–H and O–H groups in total. The van der Waals surface area contributed by atoms with E-state index < -0.39 is 0 Å². The zero-order valence-corrected chi connectivity index (χ0v) is 17.0. The fraction of sp³-hybridized carbons (Fsp3) is 0.762. The highest BCUT2D eigenvalue weighted by Crippen LogP contribution is 2.26. The molecule has 7 heteroatoms. The van der Waals surface area contributed by atoms with Gasteiger partial charge in [-0.2, -0.15) is 0 Å². The number of nitrogens with one attached hydrogen (secondary N) is 1. The first kappa shape index (κ1) is 19.4. The van der Waals surface area contributed by atoms with E-state index in [1.54, 1.807) is 6.07 Å². The first-order chi connectivity index (χ1) is 13.5. The van der Waals surface area contributed by atoms with Gasteiger partial charge >= 0.3 is 0 Å².